The van der Waals surface area contributed by atoms with Crippen LogP contribution in [0.5, 0.6) is 11.5 Å². The minimum absolute atomic E-state index is 0.203. The molecular weight excluding hydrogens is 180 g/mol. The molecule has 0 bridgehead atoms. The number of hydrogen-bond acceptors (Lipinski definition) is 4. The zero-order valence-electron chi connectivity index (χ0n) is 7.86. The number of nitrogens with two attached hydrogens (primary N) is 1. The largest absolute Gasteiger partial charge is 0.508 e. The highest BCUT2D eigenvalue weighted by Gasteiger charge is 2.23. The molecule has 4 N–H and O–H groups in total. The second kappa shape index (κ2) is 3.86. The van der Waals surface area contributed by atoms with E-state index < -0.39 is 0 Å². The number of hydrogen-bond donors (Lipinski definition) is 3. The average Bonchev–Trinajstić information content (AvgIpc) is 2.57. The summed E-state index contributed by atoms with van der Waals surface area (Å²) in [5.74, 6) is 1.00. The Morgan fingerprint density at radius 1 is 1.57 bits per heavy atom. The molecule has 0 radical (unpaired) electrons. The SMILES string of the molecule is NCCNC1COc2cc(O)ccc21. The van der Waals surface area contributed by atoms with Crippen LogP contribution in [0.2, 0.25) is 0 Å². The van der Waals surface area contributed by atoms with Crippen LogP contribution in [-0.4, -0.2) is 24.8 Å². The van der Waals surface area contributed by atoms with Crippen LogP contribution in [0.25, 0.3) is 0 Å². The summed E-state index contributed by atoms with van der Waals surface area (Å²) in [6.07, 6.45) is 0. The van der Waals surface area contributed by atoms with Crippen molar-refractivity contribution in [2.75, 3.05) is 19.7 Å². The van der Waals surface area contributed by atoms with Gasteiger partial charge in [0.1, 0.15) is 18.1 Å². The van der Waals surface area contributed by atoms with E-state index >= 15 is 0 Å². The summed E-state index contributed by atoms with van der Waals surface area (Å²) in [7, 11) is 0. The molecular formula is C10H14N2O2. The van der Waals surface area contributed by atoms with Crippen LogP contribution in [0.1, 0.15) is 11.6 Å². The molecule has 4 nitrogen and oxygen atoms in total. The molecule has 76 valence electrons. The van der Waals surface area contributed by atoms with Gasteiger partial charge in [0.05, 0.1) is 6.04 Å². The summed E-state index contributed by atoms with van der Waals surface area (Å²) in [5.41, 5.74) is 6.50. The highest BCUT2D eigenvalue weighted by atomic mass is 16.5. The number of benzene rings is 1. The van der Waals surface area contributed by atoms with E-state index in [4.69, 9.17) is 10.5 Å². The van der Waals surface area contributed by atoms with Crippen LogP contribution < -0.4 is 15.8 Å². The average molecular weight is 194 g/mol. The molecule has 1 aromatic carbocycles. The number of aromatic hydroxyl groups is 1. The zero-order chi connectivity index (χ0) is 9.97. The van der Waals surface area contributed by atoms with Crippen molar-refractivity contribution in [2.24, 2.45) is 5.73 Å². The predicted octanol–water partition coefficient (Wildman–Crippen LogP) is 0.374. The fraction of sp³-hybridized carbons (Fsp3) is 0.400. The second-order valence-electron chi connectivity index (χ2n) is 3.33. The number of nitrogens with one attached hydrogen (secondary N) is 1. The second-order valence-corrected chi connectivity index (χ2v) is 3.33. The quantitative estimate of drug-likeness (QED) is 0.650. The summed E-state index contributed by atoms with van der Waals surface area (Å²) < 4.78 is 5.43. The summed E-state index contributed by atoms with van der Waals surface area (Å²) in [6.45, 7) is 2.00. The van der Waals surface area contributed by atoms with Crippen LogP contribution in [0.15, 0.2) is 18.2 Å². The maximum Gasteiger partial charge on any atom is 0.127 e. The third-order valence-electron chi connectivity index (χ3n) is 2.31. The lowest BCUT2D eigenvalue weighted by Crippen LogP contribution is -2.27. The Labute approximate surface area is 82.7 Å². The van der Waals surface area contributed by atoms with E-state index in [1.807, 2.05) is 6.07 Å². The molecule has 1 aliphatic rings. The molecule has 1 aliphatic heterocycles. The lowest BCUT2D eigenvalue weighted by molar-refractivity contribution is 0.311. The first kappa shape index (κ1) is 9.30. The van der Waals surface area contributed by atoms with E-state index in [1.165, 1.54) is 0 Å². The minimum Gasteiger partial charge on any atom is -0.508 e. The maximum absolute atomic E-state index is 9.24. The van der Waals surface area contributed by atoms with Gasteiger partial charge in [0, 0.05) is 24.7 Å². The molecule has 2 rings (SSSR count). The van der Waals surface area contributed by atoms with E-state index in [0.29, 0.717) is 13.2 Å². The van der Waals surface area contributed by atoms with E-state index in [2.05, 4.69) is 5.32 Å². The Morgan fingerprint density at radius 3 is 3.21 bits per heavy atom. The molecule has 1 unspecified atom stereocenters. The van der Waals surface area contributed by atoms with Crippen LogP contribution in [-0.2, 0) is 0 Å². The Morgan fingerprint density at radius 2 is 2.43 bits per heavy atom. The molecule has 0 spiro atoms. The maximum atomic E-state index is 9.24. The molecule has 4 heteroatoms. The van der Waals surface area contributed by atoms with Crippen molar-refractivity contribution < 1.29 is 9.84 Å². The Kier molecular flexibility index (Phi) is 2.56. The van der Waals surface area contributed by atoms with Gasteiger partial charge in [-0.05, 0) is 12.1 Å². The van der Waals surface area contributed by atoms with Gasteiger partial charge in [0.2, 0.25) is 0 Å². The Hall–Kier alpha value is -1.26. The van der Waals surface area contributed by atoms with Crippen LogP contribution >= 0.6 is 0 Å². The normalized spacial score (nSPS) is 19.1. The number of phenols is 1. The third kappa shape index (κ3) is 1.66. The van der Waals surface area contributed by atoms with Crippen molar-refractivity contribution in [1.29, 1.82) is 0 Å². The van der Waals surface area contributed by atoms with Gasteiger partial charge >= 0.3 is 0 Å². The lowest BCUT2D eigenvalue weighted by Gasteiger charge is -2.09. The lowest BCUT2D eigenvalue weighted by atomic mass is 10.1. The van der Waals surface area contributed by atoms with Crippen LogP contribution in [0, 0.1) is 0 Å². The van der Waals surface area contributed by atoms with Gasteiger partial charge in [0.15, 0.2) is 0 Å². The predicted molar refractivity (Wildman–Crippen MR) is 53.4 cm³/mol. The number of fused-ring (bicyclic) bond motifs is 1. The molecule has 14 heavy (non-hydrogen) atoms. The number of ether oxygens (including phenoxy) is 1. The molecule has 0 saturated carbocycles. The first-order valence-electron chi connectivity index (χ1n) is 4.70. The van der Waals surface area contributed by atoms with Gasteiger partial charge in [-0.25, -0.2) is 0 Å². The number of rotatable bonds is 3. The van der Waals surface area contributed by atoms with Crippen molar-refractivity contribution in [3.8, 4) is 11.5 Å². The monoisotopic (exact) mass is 194 g/mol. The molecule has 0 amide bonds. The smallest absolute Gasteiger partial charge is 0.127 e. The van der Waals surface area contributed by atoms with E-state index in [0.717, 1.165) is 17.9 Å². The van der Waals surface area contributed by atoms with Crippen molar-refractivity contribution in [1.82, 2.24) is 5.32 Å². The van der Waals surface area contributed by atoms with Crippen molar-refractivity contribution in [3.63, 3.8) is 0 Å². The first-order chi connectivity index (χ1) is 6.81. The van der Waals surface area contributed by atoms with E-state index in [1.54, 1.807) is 12.1 Å². The third-order valence-corrected chi connectivity index (χ3v) is 2.31. The summed E-state index contributed by atoms with van der Waals surface area (Å²) in [6, 6.07) is 5.39. The summed E-state index contributed by atoms with van der Waals surface area (Å²) in [4.78, 5) is 0. The van der Waals surface area contributed by atoms with Gasteiger partial charge in [0.25, 0.3) is 0 Å². The van der Waals surface area contributed by atoms with Crippen LogP contribution in [0.3, 0.4) is 0 Å². The van der Waals surface area contributed by atoms with Gasteiger partial charge in [-0.1, -0.05) is 0 Å². The van der Waals surface area contributed by atoms with Crippen LogP contribution in [0.4, 0.5) is 0 Å². The van der Waals surface area contributed by atoms with Gasteiger partial charge in [-0.3, -0.25) is 0 Å². The molecule has 1 aromatic rings. The first-order valence-corrected chi connectivity index (χ1v) is 4.70. The highest BCUT2D eigenvalue weighted by molar-refractivity contribution is 5.44. The fourth-order valence-electron chi connectivity index (χ4n) is 1.63. The molecule has 0 aliphatic carbocycles. The Bertz CT molecular complexity index is 328. The molecule has 0 fully saturated rings. The molecule has 0 saturated heterocycles. The standard InChI is InChI=1S/C10H14N2O2/c11-3-4-12-9-6-14-10-5-7(13)1-2-8(9)10/h1-2,5,9,12-13H,3-4,6,11H2. The van der Waals surface area contributed by atoms with E-state index in [9.17, 15) is 5.11 Å². The van der Waals surface area contributed by atoms with Gasteiger partial charge in [-0.2, -0.15) is 0 Å². The molecule has 1 heterocycles. The topological polar surface area (TPSA) is 67.5 Å². The van der Waals surface area contributed by atoms with Crippen molar-refractivity contribution in [3.05, 3.63) is 23.8 Å². The number of phenolic OH excluding ortho intramolecular Hbond substituents is 1. The van der Waals surface area contributed by atoms with Gasteiger partial charge in [-0.15, -0.1) is 0 Å². The summed E-state index contributed by atoms with van der Waals surface area (Å²) in [5, 5.41) is 12.5. The molecule has 1 atom stereocenters. The van der Waals surface area contributed by atoms with Crippen molar-refractivity contribution in [2.45, 2.75) is 6.04 Å². The fourth-order valence-corrected chi connectivity index (χ4v) is 1.63. The minimum atomic E-state index is 0.203. The van der Waals surface area contributed by atoms with Crippen molar-refractivity contribution >= 4 is 0 Å². The van der Waals surface area contributed by atoms with Gasteiger partial charge < -0.3 is 20.9 Å². The molecule has 0 aromatic heterocycles. The summed E-state index contributed by atoms with van der Waals surface area (Å²) >= 11 is 0. The Balaban J connectivity index is 2.14. The highest BCUT2D eigenvalue weighted by Crippen LogP contribution is 2.34. The zero-order valence-corrected chi connectivity index (χ0v) is 7.86. The van der Waals surface area contributed by atoms with E-state index in [-0.39, 0.29) is 11.8 Å².